The van der Waals surface area contributed by atoms with E-state index in [4.69, 9.17) is 21.1 Å². The zero-order valence-electron chi connectivity index (χ0n) is 20.4. The highest BCUT2D eigenvalue weighted by Gasteiger charge is 2.28. The fourth-order valence-corrected chi connectivity index (χ4v) is 4.95. The Balaban J connectivity index is 1.99. The van der Waals surface area contributed by atoms with Crippen LogP contribution in [0.2, 0.25) is 5.02 Å². The summed E-state index contributed by atoms with van der Waals surface area (Å²) >= 11 is 6.37. The molecule has 1 unspecified atom stereocenters. The maximum absolute atomic E-state index is 12.9. The van der Waals surface area contributed by atoms with Gasteiger partial charge in [0.05, 0.1) is 26.4 Å². The van der Waals surface area contributed by atoms with Crippen LogP contribution in [0.15, 0.2) is 65.6 Å². The molecule has 0 aliphatic heterocycles. The summed E-state index contributed by atoms with van der Waals surface area (Å²) in [5.74, 6) is 0.695. The first-order chi connectivity index (χ1) is 17.4. The molecule has 36 heavy (non-hydrogen) atoms. The van der Waals surface area contributed by atoms with Gasteiger partial charge in [-0.1, -0.05) is 48.5 Å². The molecule has 0 fully saturated rings. The van der Waals surface area contributed by atoms with Crippen molar-refractivity contribution >= 4 is 11.6 Å². The molecule has 6 nitrogen and oxygen atoms in total. The van der Waals surface area contributed by atoms with Crippen molar-refractivity contribution in [2.45, 2.75) is 45.6 Å². The van der Waals surface area contributed by atoms with Gasteiger partial charge in [0.25, 0.3) is 0 Å². The standard InChI is InChI=1S/C29H30ClNO5/c1-17(2)31-25-10-8-18-12-20(14-32)23(15-33)29(36-16-19-6-4-5-7-24(19)30)28(18)21-9-11-27(35-3)26(34)13-22(21)25/h4-7,9,11-13,25,31-33H,1,8,10,14-16H2,2-3H3. The van der Waals surface area contributed by atoms with Crippen LogP contribution in [0.25, 0.3) is 11.1 Å². The number of hydrogen-bond donors (Lipinski definition) is 3. The van der Waals surface area contributed by atoms with E-state index < -0.39 is 0 Å². The molecule has 1 atom stereocenters. The molecule has 1 aliphatic rings. The predicted molar refractivity (Wildman–Crippen MR) is 141 cm³/mol. The summed E-state index contributed by atoms with van der Waals surface area (Å²) in [6.07, 6.45) is 1.34. The lowest BCUT2D eigenvalue weighted by Crippen LogP contribution is -2.20. The van der Waals surface area contributed by atoms with E-state index >= 15 is 0 Å². The monoisotopic (exact) mass is 507 g/mol. The molecule has 3 N–H and O–H groups in total. The number of ether oxygens (including phenoxy) is 2. The number of nitrogens with one attached hydrogen (secondary N) is 1. The summed E-state index contributed by atoms with van der Waals surface area (Å²) in [7, 11) is 1.47. The highest BCUT2D eigenvalue weighted by molar-refractivity contribution is 6.31. The van der Waals surface area contributed by atoms with Crippen LogP contribution in [-0.2, 0) is 26.2 Å². The van der Waals surface area contributed by atoms with E-state index in [1.165, 1.54) is 7.11 Å². The van der Waals surface area contributed by atoms with Gasteiger partial charge in [0.15, 0.2) is 5.75 Å². The topological polar surface area (TPSA) is 88.0 Å². The van der Waals surface area contributed by atoms with Crippen molar-refractivity contribution in [3.63, 3.8) is 0 Å². The second-order valence-corrected chi connectivity index (χ2v) is 9.28. The first-order valence-corrected chi connectivity index (χ1v) is 12.2. The van der Waals surface area contributed by atoms with Crippen molar-refractivity contribution in [3.8, 4) is 22.6 Å². The molecule has 0 spiro atoms. The third-order valence-corrected chi connectivity index (χ3v) is 6.81. The molecule has 3 aromatic carbocycles. The van der Waals surface area contributed by atoms with E-state index in [2.05, 4.69) is 11.9 Å². The van der Waals surface area contributed by atoms with Crippen molar-refractivity contribution in [2.24, 2.45) is 0 Å². The lowest BCUT2D eigenvalue weighted by Gasteiger charge is -2.22. The molecular weight excluding hydrogens is 478 g/mol. The average molecular weight is 508 g/mol. The molecule has 0 saturated carbocycles. The van der Waals surface area contributed by atoms with Crippen LogP contribution in [0.4, 0.5) is 0 Å². The normalized spacial score (nSPS) is 14.3. The Morgan fingerprint density at radius 2 is 1.92 bits per heavy atom. The number of allylic oxidation sites excluding steroid dienone is 1. The van der Waals surface area contributed by atoms with E-state index in [1.54, 1.807) is 18.2 Å². The summed E-state index contributed by atoms with van der Waals surface area (Å²) in [5.41, 5.74) is 5.75. The Hall–Kier alpha value is -3.32. The van der Waals surface area contributed by atoms with E-state index in [0.29, 0.717) is 34.7 Å². The smallest absolute Gasteiger partial charge is 0.220 e. The summed E-state index contributed by atoms with van der Waals surface area (Å²) in [6, 6.07) is 14.3. The predicted octanol–water partition coefficient (Wildman–Crippen LogP) is 5.05. The average Bonchev–Trinajstić information content (AvgIpc) is 3.11. The Labute approximate surface area is 215 Å². The van der Waals surface area contributed by atoms with Gasteiger partial charge in [-0.05, 0) is 60.2 Å². The first kappa shape index (κ1) is 25.8. The van der Waals surface area contributed by atoms with Crippen LogP contribution >= 0.6 is 11.6 Å². The summed E-state index contributed by atoms with van der Waals surface area (Å²) in [4.78, 5) is 12.9. The molecular formula is C29H30ClNO5. The minimum absolute atomic E-state index is 0.172. The van der Waals surface area contributed by atoms with E-state index in [1.807, 2.05) is 37.3 Å². The van der Waals surface area contributed by atoms with Gasteiger partial charge in [0.2, 0.25) is 5.43 Å². The quantitative estimate of drug-likeness (QED) is 0.395. The number of methoxy groups -OCH3 is 1. The number of rotatable bonds is 8. The summed E-state index contributed by atoms with van der Waals surface area (Å²) < 4.78 is 11.7. The van der Waals surface area contributed by atoms with Gasteiger partial charge in [-0.25, -0.2) is 0 Å². The lowest BCUT2D eigenvalue weighted by atomic mass is 9.91. The molecule has 0 radical (unpaired) electrons. The van der Waals surface area contributed by atoms with Crippen LogP contribution in [0.1, 0.15) is 47.2 Å². The van der Waals surface area contributed by atoms with Crippen molar-refractivity contribution < 1.29 is 19.7 Å². The number of halogens is 1. The minimum atomic E-state index is -0.321. The minimum Gasteiger partial charge on any atom is -0.493 e. The van der Waals surface area contributed by atoms with E-state index in [9.17, 15) is 15.0 Å². The van der Waals surface area contributed by atoms with Gasteiger partial charge in [-0.15, -0.1) is 0 Å². The SMILES string of the molecule is C=C(C)NC1CCc2cc(CO)c(CO)c(OCc3ccccc3Cl)c2-c2ccc(OC)c(=O)cc21. The second kappa shape index (κ2) is 11.2. The Bertz CT molecular complexity index is 1350. The number of fused-ring (bicyclic) bond motifs is 3. The molecule has 0 saturated heterocycles. The van der Waals surface area contributed by atoms with Gasteiger partial charge >= 0.3 is 0 Å². The third-order valence-electron chi connectivity index (χ3n) is 6.45. The Morgan fingerprint density at radius 1 is 1.14 bits per heavy atom. The molecule has 1 aliphatic carbocycles. The number of benzene rings is 2. The number of aliphatic hydroxyl groups excluding tert-OH is 2. The molecule has 0 heterocycles. The Morgan fingerprint density at radius 3 is 2.58 bits per heavy atom. The number of aryl methyl sites for hydroxylation is 1. The maximum atomic E-state index is 12.9. The van der Waals surface area contributed by atoms with Crippen molar-refractivity contribution in [1.82, 2.24) is 5.32 Å². The maximum Gasteiger partial charge on any atom is 0.220 e. The molecule has 4 rings (SSSR count). The van der Waals surface area contributed by atoms with Crippen molar-refractivity contribution in [3.05, 3.63) is 104 Å². The largest absolute Gasteiger partial charge is 0.493 e. The zero-order valence-corrected chi connectivity index (χ0v) is 21.2. The molecule has 3 aromatic rings. The van der Waals surface area contributed by atoms with Crippen molar-refractivity contribution in [1.29, 1.82) is 0 Å². The first-order valence-electron chi connectivity index (χ1n) is 11.8. The van der Waals surface area contributed by atoms with Crippen LogP contribution < -0.4 is 20.2 Å². The lowest BCUT2D eigenvalue weighted by molar-refractivity contribution is 0.244. The molecule has 0 amide bonds. The zero-order chi connectivity index (χ0) is 25.8. The highest BCUT2D eigenvalue weighted by Crippen LogP contribution is 2.45. The fraction of sp³-hybridized carbons (Fsp3) is 0.276. The molecule has 0 aromatic heterocycles. The van der Waals surface area contributed by atoms with Crippen molar-refractivity contribution in [2.75, 3.05) is 7.11 Å². The number of hydrogen-bond acceptors (Lipinski definition) is 6. The van der Waals surface area contributed by atoms with E-state index in [0.717, 1.165) is 33.5 Å². The van der Waals surface area contributed by atoms with Gasteiger partial charge in [0.1, 0.15) is 12.4 Å². The molecule has 188 valence electrons. The molecule has 7 heteroatoms. The summed E-state index contributed by atoms with van der Waals surface area (Å²) in [6.45, 7) is 5.49. The fourth-order valence-electron chi connectivity index (χ4n) is 4.76. The van der Waals surface area contributed by atoms with Gasteiger partial charge in [-0.3, -0.25) is 4.79 Å². The van der Waals surface area contributed by atoms with Crippen LogP contribution in [0.5, 0.6) is 11.5 Å². The third kappa shape index (κ3) is 5.12. The van der Waals surface area contributed by atoms with Gasteiger partial charge < -0.3 is 25.0 Å². The van der Waals surface area contributed by atoms with Crippen LogP contribution in [0, 0.1) is 0 Å². The van der Waals surface area contributed by atoms with Gasteiger partial charge in [0, 0.05) is 27.4 Å². The van der Waals surface area contributed by atoms with Crippen LogP contribution in [0.3, 0.4) is 0 Å². The second-order valence-electron chi connectivity index (χ2n) is 8.87. The number of aliphatic hydroxyl groups is 2. The highest BCUT2D eigenvalue weighted by atomic mass is 35.5. The summed E-state index contributed by atoms with van der Waals surface area (Å²) in [5, 5.41) is 24.4. The van der Waals surface area contributed by atoms with Gasteiger partial charge in [-0.2, -0.15) is 0 Å². The molecule has 0 bridgehead atoms. The van der Waals surface area contributed by atoms with Crippen LogP contribution in [-0.4, -0.2) is 17.3 Å². The Kier molecular flexibility index (Phi) is 7.99. The van der Waals surface area contributed by atoms with E-state index in [-0.39, 0.29) is 37.0 Å².